The molecular formula is C14H16NO4S3-. The molecule has 1 aromatic carbocycles. The van der Waals surface area contributed by atoms with Crippen LogP contribution in [0.25, 0.3) is 0 Å². The third-order valence-electron chi connectivity index (χ3n) is 3.04. The maximum absolute atomic E-state index is 10.8. The number of ether oxygens (including phenoxy) is 1. The normalized spacial score (nSPS) is 16.0. The van der Waals surface area contributed by atoms with Gasteiger partial charge in [-0.25, -0.2) is 8.42 Å². The Morgan fingerprint density at radius 1 is 1.50 bits per heavy atom. The van der Waals surface area contributed by atoms with Crippen LogP contribution in [0.5, 0.6) is 5.75 Å². The highest BCUT2D eigenvalue weighted by Gasteiger charge is 2.25. The lowest BCUT2D eigenvalue weighted by Gasteiger charge is -2.21. The Balaban J connectivity index is 2.27. The van der Waals surface area contributed by atoms with E-state index in [9.17, 15) is 13.0 Å². The quantitative estimate of drug-likeness (QED) is 0.440. The van der Waals surface area contributed by atoms with E-state index in [1.54, 1.807) is 18.9 Å². The smallest absolute Gasteiger partial charge is 0.121 e. The maximum Gasteiger partial charge on any atom is 0.121 e. The third-order valence-corrected chi connectivity index (χ3v) is 5.06. The van der Waals surface area contributed by atoms with E-state index >= 15 is 0 Å². The second-order valence-corrected chi connectivity index (χ2v) is 8.03. The summed E-state index contributed by atoms with van der Waals surface area (Å²) in [5.41, 5.74) is 0.940. The van der Waals surface area contributed by atoms with Crippen LogP contribution in [0.1, 0.15) is 13.3 Å². The van der Waals surface area contributed by atoms with Crippen LogP contribution >= 0.6 is 24.0 Å². The molecule has 0 N–H and O–H groups in total. The van der Waals surface area contributed by atoms with Crippen molar-refractivity contribution in [3.05, 3.63) is 29.3 Å². The Bertz CT molecular complexity index is 713. The minimum absolute atomic E-state index is 0.261. The van der Waals surface area contributed by atoms with Gasteiger partial charge in [0, 0.05) is 28.1 Å². The molecule has 0 bridgehead atoms. The first-order valence-corrected chi connectivity index (χ1v) is 9.39. The first kappa shape index (κ1) is 17.3. The van der Waals surface area contributed by atoms with Crippen molar-refractivity contribution < 1.29 is 17.7 Å². The van der Waals surface area contributed by atoms with Gasteiger partial charge in [0.2, 0.25) is 0 Å². The molecule has 0 aliphatic carbocycles. The maximum atomic E-state index is 10.8. The number of hydrogen-bond acceptors (Lipinski definition) is 7. The van der Waals surface area contributed by atoms with Crippen molar-refractivity contribution in [2.75, 3.05) is 24.3 Å². The van der Waals surface area contributed by atoms with E-state index in [1.165, 1.54) is 0 Å². The average Bonchev–Trinajstić information content (AvgIpc) is 2.73. The highest BCUT2D eigenvalue weighted by Crippen LogP contribution is 2.47. The average molecular weight is 358 g/mol. The summed E-state index contributed by atoms with van der Waals surface area (Å²) in [5.74, 6) is 0.346. The van der Waals surface area contributed by atoms with Gasteiger partial charge in [-0.1, -0.05) is 24.0 Å². The number of allylic oxidation sites excluding steroid dienone is 1. The SMILES string of the molecule is COc1ccc2c(c1)N(CCCS(=O)(=O)[O-])C(=CC(C)=S)S2. The van der Waals surface area contributed by atoms with Crippen LogP contribution in [-0.2, 0) is 10.1 Å². The van der Waals surface area contributed by atoms with Crippen molar-refractivity contribution >= 4 is 44.6 Å². The molecule has 22 heavy (non-hydrogen) atoms. The first-order chi connectivity index (χ1) is 10.3. The number of anilines is 1. The van der Waals surface area contributed by atoms with E-state index in [1.807, 2.05) is 36.1 Å². The summed E-state index contributed by atoms with van der Waals surface area (Å²) < 4.78 is 37.6. The van der Waals surface area contributed by atoms with Gasteiger partial charge in [-0.15, -0.1) is 0 Å². The van der Waals surface area contributed by atoms with Crippen molar-refractivity contribution in [2.24, 2.45) is 0 Å². The van der Waals surface area contributed by atoms with Crippen molar-refractivity contribution in [1.82, 2.24) is 0 Å². The van der Waals surface area contributed by atoms with Crippen LogP contribution in [-0.4, -0.2) is 37.2 Å². The van der Waals surface area contributed by atoms with Crippen molar-refractivity contribution in [3.8, 4) is 5.75 Å². The zero-order valence-electron chi connectivity index (χ0n) is 12.2. The molecule has 0 aromatic heterocycles. The number of fused-ring (bicyclic) bond motifs is 1. The summed E-state index contributed by atoms with van der Waals surface area (Å²) >= 11 is 6.70. The lowest BCUT2D eigenvalue weighted by atomic mass is 10.2. The second-order valence-electron chi connectivity index (χ2n) is 4.80. The van der Waals surface area contributed by atoms with Gasteiger partial charge < -0.3 is 14.2 Å². The van der Waals surface area contributed by atoms with Gasteiger partial charge in [0.25, 0.3) is 0 Å². The summed E-state index contributed by atoms with van der Waals surface area (Å²) in [7, 11) is -2.61. The van der Waals surface area contributed by atoms with Crippen LogP contribution in [0.2, 0.25) is 0 Å². The molecule has 120 valence electrons. The molecule has 1 aromatic rings. The number of methoxy groups -OCH3 is 1. The van der Waals surface area contributed by atoms with Crippen molar-refractivity contribution in [1.29, 1.82) is 0 Å². The van der Waals surface area contributed by atoms with Crippen LogP contribution in [0.15, 0.2) is 34.2 Å². The van der Waals surface area contributed by atoms with Gasteiger partial charge in [0.15, 0.2) is 0 Å². The summed E-state index contributed by atoms with van der Waals surface area (Å²) in [6, 6.07) is 5.72. The lowest BCUT2D eigenvalue weighted by Crippen LogP contribution is -2.22. The van der Waals surface area contributed by atoms with Gasteiger partial charge >= 0.3 is 0 Å². The monoisotopic (exact) mass is 358 g/mol. The summed E-state index contributed by atoms with van der Waals surface area (Å²) in [6.45, 7) is 2.26. The van der Waals surface area contributed by atoms with Gasteiger partial charge in [0.05, 0.1) is 27.9 Å². The van der Waals surface area contributed by atoms with E-state index < -0.39 is 10.1 Å². The van der Waals surface area contributed by atoms with E-state index in [-0.39, 0.29) is 12.2 Å². The van der Waals surface area contributed by atoms with Gasteiger partial charge in [0.1, 0.15) is 5.75 Å². The topological polar surface area (TPSA) is 69.7 Å². The predicted molar refractivity (Wildman–Crippen MR) is 91.7 cm³/mol. The van der Waals surface area contributed by atoms with E-state index in [0.29, 0.717) is 6.54 Å². The molecule has 0 radical (unpaired) electrons. The summed E-state index contributed by atoms with van der Waals surface area (Å²) in [4.78, 5) is 3.76. The Morgan fingerprint density at radius 3 is 2.82 bits per heavy atom. The molecule has 2 rings (SSSR count). The minimum atomic E-state index is -4.20. The predicted octanol–water partition coefficient (Wildman–Crippen LogP) is 2.77. The number of thioether (sulfide) groups is 1. The number of benzene rings is 1. The molecule has 1 heterocycles. The molecule has 5 nitrogen and oxygen atoms in total. The van der Waals surface area contributed by atoms with Crippen molar-refractivity contribution in [2.45, 2.75) is 18.2 Å². The molecule has 0 amide bonds. The molecule has 0 saturated carbocycles. The van der Waals surface area contributed by atoms with E-state index in [4.69, 9.17) is 17.0 Å². The molecule has 8 heteroatoms. The number of hydrogen-bond donors (Lipinski definition) is 0. The zero-order valence-corrected chi connectivity index (χ0v) is 14.7. The van der Waals surface area contributed by atoms with E-state index in [0.717, 1.165) is 26.2 Å². The van der Waals surface area contributed by atoms with Crippen LogP contribution < -0.4 is 9.64 Å². The fourth-order valence-electron chi connectivity index (χ4n) is 2.12. The van der Waals surface area contributed by atoms with Gasteiger partial charge in [-0.3, -0.25) is 0 Å². The molecule has 0 spiro atoms. The highest BCUT2D eigenvalue weighted by atomic mass is 32.2. The largest absolute Gasteiger partial charge is 0.748 e. The molecule has 1 aliphatic rings. The second kappa shape index (κ2) is 6.99. The molecule has 0 fully saturated rings. The fraction of sp³-hybridized carbons (Fsp3) is 0.357. The molecule has 0 unspecified atom stereocenters. The molecule has 1 aliphatic heterocycles. The summed E-state index contributed by atoms with van der Waals surface area (Å²) in [6.07, 6.45) is 2.13. The molecule has 0 atom stereocenters. The van der Waals surface area contributed by atoms with Gasteiger partial charge in [-0.05, 0) is 31.6 Å². The number of thiocarbonyl (C=S) groups is 1. The molecule has 0 saturated heterocycles. The fourth-order valence-corrected chi connectivity index (χ4v) is 3.96. The standard InChI is InChI=1S/C14H17NO4S3/c1-10(20)8-14-15(6-3-7-22(16,17)18)12-9-11(19-2)4-5-13(12)21-14/h4-5,8-9H,3,6-7H2,1-2H3,(H,16,17,18)/p-1. The van der Waals surface area contributed by atoms with Gasteiger partial charge in [-0.2, -0.15) is 0 Å². The molecular weight excluding hydrogens is 342 g/mol. The lowest BCUT2D eigenvalue weighted by molar-refractivity contribution is 0.414. The minimum Gasteiger partial charge on any atom is -0.748 e. The van der Waals surface area contributed by atoms with Crippen LogP contribution in [0, 0.1) is 0 Å². The Kier molecular flexibility index (Phi) is 5.49. The highest BCUT2D eigenvalue weighted by molar-refractivity contribution is 8.03. The Morgan fingerprint density at radius 2 is 2.23 bits per heavy atom. The summed E-state index contributed by atoms with van der Waals surface area (Å²) in [5, 5.41) is 0.930. The zero-order chi connectivity index (χ0) is 16.3. The van der Waals surface area contributed by atoms with E-state index in [2.05, 4.69) is 0 Å². The van der Waals surface area contributed by atoms with Crippen LogP contribution in [0.3, 0.4) is 0 Å². The van der Waals surface area contributed by atoms with Crippen LogP contribution in [0.4, 0.5) is 5.69 Å². The Hall–Kier alpha value is -1.09. The number of rotatable bonds is 6. The third kappa shape index (κ3) is 4.45. The Labute approximate surface area is 140 Å². The first-order valence-electron chi connectivity index (χ1n) is 6.59. The number of nitrogens with zero attached hydrogens (tertiary/aromatic N) is 1. The van der Waals surface area contributed by atoms with Crippen molar-refractivity contribution in [3.63, 3.8) is 0 Å².